The molecule has 3 rings (SSSR count). The molecular formula is C22H29N3O5. The minimum atomic E-state index is -0.167. The lowest BCUT2D eigenvalue weighted by Gasteiger charge is -2.30. The van der Waals surface area contributed by atoms with Crippen molar-refractivity contribution in [3.63, 3.8) is 0 Å². The zero-order valence-corrected chi connectivity index (χ0v) is 17.6. The number of amides is 1. The molecule has 8 nitrogen and oxygen atoms in total. The van der Waals surface area contributed by atoms with E-state index in [0.29, 0.717) is 50.0 Å². The Kier molecular flexibility index (Phi) is 7.82. The second kappa shape index (κ2) is 10.8. The molecule has 0 spiro atoms. The van der Waals surface area contributed by atoms with Gasteiger partial charge in [0.25, 0.3) is 5.91 Å². The third-order valence-electron chi connectivity index (χ3n) is 5.15. The monoisotopic (exact) mass is 415 g/mol. The first-order chi connectivity index (χ1) is 14.6. The summed E-state index contributed by atoms with van der Waals surface area (Å²) in [5, 5.41) is 4.01. The van der Waals surface area contributed by atoms with Gasteiger partial charge in [-0.2, -0.15) is 4.98 Å². The van der Waals surface area contributed by atoms with Gasteiger partial charge in [-0.1, -0.05) is 18.5 Å². The Bertz CT molecular complexity index is 826. The van der Waals surface area contributed by atoms with Crippen molar-refractivity contribution in [2.24, 2.45) is 5.92 Å². The van der Waals surface area contributed by atoms with Crippen molar-refractivity contribution in [3.8, 4) is 17.1 Å². The third kappa shape index (κ3) is 5.81. The van der Waals surface area contributed by atoms with Crippen molar-refractivity contribution < 1.29 is 23.6 Å². The molecule has 1 amide bonds. The lowest BCUT2D eigenvalue weighted by atomic mass is 9.97. The van der Waals surface area contributed by atoms with E-state index in [2.05, 4.69) is 17.1 Å². The molecule has 0 saturated carbocycles. The van der Waals surface area contributed by atoms with E-state index in [1.165, 1.54) is 0 Å². The van der Waals surface area contributed by atoms with Crippen LogP contribution in [0.25, 0.3) is 11.4 Å². The number of rotatable bonds is 9. The minimum absolute atomic E-state index is 0.0349. The number of unbranched alkanes of at least 4 members (excludes halogenated alkanes) is 1. The number of aromatic nitrogens is 2. The van der Waals surface area contributed by atoms with Crippen LogP contribution in [0.15, 0.2) is 28.8 Å². The summed E-state index contributed by atoms with van der Waals surface area (Å²) in [4.78, 5) is 30.3. The standard InChI is InChI=1S/C22H29N3O5/c1-3-5-6-19-23-21(24-30-19)16-7-9-18(10-8-16)29-15-20(26)25-13-11-17(12-14-25)22(27)28-4-2/h7-10,17H,3-6,11-15H2,1-2H3. The van der Waals surface area contributed by atoms with Gasteiger partial charge in [0.05, 0.1) is 12.5 Å². The molecule has 0 aliphatic carbocycles. The Labute approximate surface area is 176 Å². The molecule has 8 heteroatoms. The molecule has 1 aromatic heterocycles. The third-order valence-corrected chi connectivity index (χ3v) is 5.15. The summed E-state index contributed by atoms with van der Waals surface area (Å²) in [6.45, 7) is 5.36. The number of ether oxygens (including phenoxy) is 2. The first-order valence-corrected chi connectivity index (χ1v) is 10.6. The van der Waals surface area contributed by atoms with Crippen LogP contribution >= 0.6 is 0 Å². The van der Waals surface area contributed by atoms with Crippen LogP contribution < -0.4 is 4.74 Å². The van der Waals surface area contributed by atoms with Gasteiger partial charge in [-0.15, -0.1) is 0 Å². The highest BCUT2D eigenvalue weighted by Gasteiger charge is 2.28. The van der Waals surface area contributed by atoms with Gasteiger partial charge in [0.15, 0.2) is 6.61 Å². The molecule has 0 bridgehead atoms. The van der Waals surface area contributed by atoms with Gasteiger partial charge < -0.3 is 18.9 Å². The summed E-state index contributed by atoms with van der Waals surface area (Å²) in [5.41, 5.74) is 0.834. The SMILES string of the molecule is CCCCc1nc(-c2ccc(OCC(=O)N3CCC(C(=O)OCC)CC3)cc2)no1. The molecule has 1 aliphatic rings. The Balaban J connectivity index is 1.45. The van der Waals surface area contributed by atoms with Crippen LogP contribution in [0.4, 0.5) is 0 Å². The number of benzene rings is 1. The Morgan fingerprint density at radius 2 is 1.90 bits per heavy atom. The van der Waals surface area contributed by atoms with Crippen molar-refractivity contribution in [1.82, 2.24) is 15.0 Å². The molecule has 1 aromatic carbocycles. The lowest BCUT2D eigenvalue weighted by Crippen LogP contribution is -2.42. The van der Waals surface area contributed by atoms with Crippen molar-refractivity contribution in [3.05, 3.63) is 30.2 Å². The largest absolute Gasteiger partial charge is 0.484 e. The number of nitrogens with zero attached hydrogens (tertiary/aromatic N) is 3. The van der Waals surface area contributed by atoms with Gasteiger partial charge in [0, 0.05) is 25.1 Å². The Hall–Kier alpha value is -2.90. The van der Waals surface area contributed by atoms with Crippen LogP contribution in [0.3, 0.4) is 0 Å². The molecule has 2 heterocycles. The lowest BCUT2D eigenvalue weighted by molar-refractivity contribution is -0.151. The maximum atomic E-state index is 12.4. The van der Waals surface area contributed by atoms with Crippen LogP contribution in [-0.2, 0) is 20.7 Å². The van der Waals surface area contributed by atoms with Gasteiger partial charge in [-0.3, -0.25) is 9.59 Å². The highest BCUT2D eigenvalue weighted by Crippen LogP contribution is 2.22. The average Bonchev–Trinajstić information content (AvgIpc) is 3.25. The number of likely N-dealkylation sites (tertiary alicyclic amines) is 1. The van der Waals surface area contributed by atoms with E-state index in [1.54, 1.807) is 24.0 Å². The molecule has 1 saturated heterocycles. The summed E-state index contributed by atoms with van der Waals surface area (Å²) >= 11 is 0. The second-order valence-electron chi connectivity index (χ2n) is 7.34. The van der Waals surface area contributed by atoms with Crippen LogP contribution in [0, 0.1) is 5.92 Å². The van der Waals surface area contributed by atoms with E-state index in [1.807, 2.05) is 12.1 Å². The number of carbonyl (C=O) groups is 2. The molecule has 0 unspecified atom stereocenters. The van der Waals surface area contributed by atoms with Gasteiger partial charge in [-0.25, -0.2) is 0 Å². The molecule has 0 radical (unpaired) electrons. The predicted molar refractivity (Wildman–Crippen MR) is 110 cm³/mol. The maximum absolute atomic E-state index is 12.4. The zero-order valence-electron chi connectivity index (χ0n) is 17.6. The van der Waals surface area contributed by atoms with Crippen molar-refractivity contribution >= 4 is 11.9 Å². The van der Waals surface area contributed by atoms with Gasteiger partial charge >= 0.3 is 5.97 Å². The molecular weight excluding hydrogens is 386 g/mol. The summed E-state index contributed by atoms with van der Waals surface area (Å²) in [7, 11) is 0. The van der Waals surface area contributed by atoms with E-state index < -0.39 is 0 Å². The number of esters is 1. The van der Waals surface area contributed by atoms with Gasteiger partial charge in [0.2, 0.25) is 11.7 Å². The average molecular weight is 415 g/mol. The summed E-state index contributed by atoms with van der Waals surface area (Å²) in [5.74, 6) is 1.43. The van der Waals surface area contributed by atoms with Crippen molar-refractivity contribution in [2.45, 2.75) is 46.0 Å². The van der Waals surface area contributed by atoms with Crippen molar-refractivity contribution in [2.75, 3.05) is 26.3 Å². The molecule has 2 aromatic rings. The smallest absolute Gasteiger partial charge is 0.309 e. The molecule has 162 valence electrons. The zero-order chi connectivity index (χ0) is 21.3. The summed E-state index contributed by atoms with van der Waals surface area (Å²) in [6, 6.07) is 7.27. The highest BCUT2D eigenvalue weighted by molar-refractivity contribution is 5.78. The normalized spacial score (nSPS) is 14.5. The first kappa shape index (κ1) is 21.8. The van der Waals surface area contributed by atoms with Gasteiger partial charge in [-0.05, 0) is 50.5 Å². The number of piperidine rings is 1. The molecule has 0 atom stereocenters. The Morgan fingerprint density at radius 1 is 1.17 bits per heavy atom. The fourth-order valence-electron chi connectivity index (χ4n) is 3.36. The minimum Gasteiger partial charge on any atom is -0.484 e. The number of carbonyl (C=O) groups excluding carboxylic acids is 2. The van der Waals surface area contributed by atoms with E-state index in [4.69, 9.17) is 14.0 Å². The number of hydrogen-bond donors (Lipinski definition) is 0. The van der Waals surface area contributed by atoms with Gasteiger partial charge in [0.1, 0.15) is 5.75 Å². The maximum Gasteiger partial charge on any atom is 0.309 e. The predicted octanol–water partition coefficient (Wildman–Crippen LogP) is 3.26. The number of hydrogen-bond acceptors (Lipinski definition) is 7. The van der Waals surface area contributed by atoms with E-state index in [0.717, 1.165) is 24.8 Å². The van der Waals surface area contributed by atoms with Crippen LogP contribution in [-0.4, -0.2) is 53.2 Å². The molecule has 0 N–H and O–H groups in total. The van der Waals surface area contributed by atoms with E-state index in [9.17, 15) is 9.59 Å². The van der Waals surface area contributed by atoms with E-state index >= 15 is 0 Å². The molecule has 1 fully saturated rings. The fourth-order valence-corrected chi connectivity index (χ4v) is 3.36. The number of aryl methyl sites for hydroxylation is 1. The second-order valence-corrected chi connectivity index (χ2v) is 7.34. The fraction of sp³-hybridized carbons (Fsp3) is 0.545. The first-order valence-electron chi connectivity index (χ1n) is 10.6. The quantitative estimate of drug-likeness (QED) is 0.580. The van der Waals surface area contributed by atoms with Crippen LogP contribution in [0.5, 0.6) is 5.75 Å². The molecule has 1 aliphatic heterocycles. The van der Waals surface area contributed by atoms with Crippen LogP contribution in [0.2, 0.25) is 0 Å². The Morgan fingerprint density at radius 3 is 2.57 bits per heavy atom. The summed E-state index contributed by atoms with van der Waals surface area (Å²) < 4.78 is 16.0. The van der Waals surface area contributed by atoms with E-state index in [-0.39, 0.29) is 24.4 Å². The molecule has 30 heavy (non-hydrogen) atoms. The van der Waals surface area contributed by atoms with Crippen LogP contribution in [0.1, 0.15) is 45.4 Å². The van der Waals surface area contributed by atoms with Crippen molar-refractivity contribution in [1.29, 1.82) is 0 Å². The summed E-state index contributed by atoms with van der Waals surface area (Å²) in [6.07, 6.45) is 4.13. The topological polar surface area (TPSA) is 94.8 Å². The highest BCUT2D eigenvalue weighted by atomic mass is 16.5.